The van der Waals surface area contributed by atoms with Crippen molar-refractivity contribution in [3.63, 3.8) is 0 Å². The Morgan fingerprint density at radius 3 is 3.17 bits per heavy atom. The van der Waals surface area contributed by atoms with Crippen molar-refractivity contribution in [1.29, 1.82) is 0 Å². The fourth-order valence-corrected chi connectivity index (χ4v) is 2.83. The molecule has 3 rings (SSSR count). The average molecular weight is 335 g/mol. The van der Waals surface area contributed by atoms with Gasteiger partial charge in [-0.3, -0.25) is 4.79 Å². The third kappa shape index (κ3) is 4.53. The van der Waals surface area contributed by atoms with E-state index < -0.39 is 0 Å². The van der Waals surface area contributed by atoms with E-state index in [0.717, 1.165) is 24.9 Å². The van der Waals surface area contributed by atoms with Gasteiger partial charge < -0.3 is 15.2 Å². The highest BCUT2D eigenvalue weighted by Gasteiger charge is 2.17. The van der Waals surface area contributed by atoms with Gasteiger partial charge in [0.15, 0.2) is 0 Å². The number of amides is 1. The Morgan fingerprint density at radius 1 is 1.48 bits per heavy atom. The molecule has 1 aliphatic rings. The van der Waals surface area contributed by atoms with E-state index in [9.17, 15) is 4.79 Å². The molecule has 1 saturated heterocycles. The van der Waals surface area contributed by atoms with Crippen molar-refractivity contribution in [2.24, 2.45) is 0 Å². The van der Waals surface area contributed by atoms with Crippen molar-refractivity contribution in [2.45, 2.75) is 31.7 Å². The molecule has 1 atom stereocenters. The number of hydrogen-bond acceptors (Lipinski definition) is 5. The fraction of sp³-hybridized carbons (Fsp3) is 0.438. The molecule has 1 aliphatic heterocycles. The maximum Gasteiger partial charge on any atom is 0.228 e. The predicted molar refractivity (Wildman–Crippen MR) is 87.1 cm³/mol. The fourth-order valence-electron chi connectivity index (χ4n) is 2.64. The second kappa shape index (κ2) is 7.57. The molecule has 122 valence electrons. The molecule has 2 heterocycles. The second-order valence-corrected chi connectivity index (χ2v) is 6.06. The standard InChI is InChI=1S/C16H19ClN4O2/c17-12-4-1-3-11(9-12)16-20-15(23-21-16)6-8-19-14(22)10-13-5-2-7-18-13/h1,3-4,9,13,18H,2,5-8,10H2,(H,19,22). The summed E-state index contributed by atoms with van der Waals surface area (Å²) < 4.78 is 5.21. The zero-order chi connectivity index (χ0) is 16.1. The Balaban J connectivity index is 1.46. The van der Waals surface area contributed by atoms with Crippen LogP contribution >= 0.6 is 11.6 Å². The summed E-state index contributed by atoms with van der Waals surface area (Å²) in [4.78, 5) is 16.1. The highest BCUT2D eigenvalue weighted by atomic mass is 35.5. The van der Waals surface area contributed by atoms with Crippen LogP contribution in [-0.4, -0.2) is 35.2 Å². The molecular weight excluding hydrogens is 316 g/mol. The second-order valence-electron chi connectivity index (χ2n) is 5.62. The molecule has 1 aromatic carbocycles. The highest BCUT2D eigenvalue weighted by molar-refractivity contribution is 6.30. The smallest absolute Gasteiger partial charge is 0.228 e. The van der Waals surface area contributed by atoms with E-state index in [1.807, 2.05) is 12.1 Å². The maximum absolute atomic E-state index is 11.8. The summed E-state index contributed by atoms with van der Waals surface area (Å²) in [6.45, 7) is 1.49. The van der Waals surface area contributed by atoms with Crippen molar-refractivity contribution < 1.29 is 9.32 Å². The summed E-state index contributed by atoms with van der Waals surface area (Å²) in [5.41, 5.74) is 0.809. The molecule has 7 heteroatoms. The Hall–Kier alpha value is -1.92. The van der Waals surface area contributed by atoms with Gasteiger partial charge in [0.25, 0.3) is 0 Å². The van der Waals surface area contributed by atoms with Gasteiger partial charge in [-0.1, -0.05) is 28.9 Å². The number of nitrogens with zero attached hydrogens (tertiary/aromatic N) is 2. The molecule has 1 unspecified atom stereocenters. The third-order valence-corrected chi connectivity index (χ3v) is 4.04. The van der Waals surface area contributed by atoms with Gasteiger partial charge >= 0.3 is 0 Å². The van der Waals surface area contributed by atoms with Crippen LogP contribution in [0.3, 0.4) is 0 Å². The van der Waals surface area contributed by atoms with Crippen LogP contribution in [0.15, 0.2) is 28.8 Å². The van der Waals surface area contributed by atoms with E-state index in [0.29, 0.717) is 42.2 Å². The molecule has 0 aliphatic carbocycles. The Bertz CT molecular complexity index is 668. The van der Waals surface area contributed by atoms with Crippen LogP contribution in [0.2, 0.25) is 5.02 Å². The summed E-state index contributed by atoms with van der Waals surface area (Å²) in [6.07, 6.45) is 3.25. The van der Waals surface area contributed by atoms with Crippen molar-refractivity contribution in [1.82, 2.24) is 20.8 Å². The molecule has 1 aromatic heterocycles. The van der Waals surface area contributed by atoms with Crippen LogP contribution in [0.1, 0.15) is 25.2 Å². The summed E-state index contributed by atoms with van der Waals surface area (Å²) in [6, 6.07) is 7.60. The lowest BCUT2D eigenvalue weighted by atomic mass is 10.1. The summed E-state index contributed by atoms with van der Waals surface area (Å²) in [5, 5.41) is 10.8. The molecule has 1 fully saturated rings. The average Bonchev–Trinajstić information content (AvgIpc) is 3.19. The van der Waals surface area contributed by atoms with Gasteiger partial charge in [-0.05, 0) is 31.5 Å². The first kappa shape index (κ1) is 16.0. The summed E-state index contributed by atoms with van der Waals surface area (Å²) in [5.74, 6) is 1.06. The molecule has 2 aromatic rings. The summed E-state index contributed by atoms with van der Waals surface area (Å²) >= 11 is 5.95. The van der Waals surface area contributed by atoms with E-state index in [4.69, 9.17) is 16.1 Å². The number of hydrogen-bond donors (Lipinski definition) is 2. The van der Waals surface area contributed by atoms with Crippen molar-refractivity contribution in [3.8, 4) is 11.4 Å². The predicted octanol–water partition coefficient (Wildman–Crippen LogP) is 2.19. The zero-order valence-corrected chi connectivity index (χ0v) is 13.5. The van der Waals surface area contributed by atoms with Crippen LogP contribution in [-0.2, 0) is 11.2 Å². The molecule has 2 N–H and O–H groups in total. The number of rotatable bonds is 6. The van der Waals surface area contributed by atoms with E-state index in [2.05, 4.69) is 20.8 Å². The lowest BCUT2D eigenvalue weighted by molar-refractivity contribution is -0.121. The van der Waals surface area contributed by atoms with Gasteiger partial charge in [0.1, 0.15) is 0 Å². The van der Waals surface area contributed by atoms with E-state index in [-0.39, 0.29) is 5.91 Å². The topological polar surface area (TPSA) is 80.0 Å². The summed E-state index contributed by atoms with van der Waals surface area (Å²) in [7, 11) is 0. The quantitative estimate of drug-likeness (QED) is 0.846. The number of nitrogens with one attached hydrogen (secondary N) is 2. The van der Waals surface area contributed by atoms with Crippen molar-refractivity contribution in [2.75, 3.05) is 13.1 Å². The minimum atomic E-state index is 0.0546. The first-order chi connectivity index (χ1) is 11.2. The third-order valence-electron chi connectivity index (χ3n) is 3.81. The molecule has 0 spiro atoms. The lowest BCUT2D eigenvalue weighted by Crippen LogP contribution is -2.32. The minimum absolute atomic E-state index is 0.0546. The minimum Gasteiger partial charge on any atom is -0.356 e. The van der Waals surface area contributed by atoms with Crippen LogP contribution in [0, 0.1) is 0 Å². The van der Waals surface area contributed by atoms with Crippen molar-refractivity contribution >= 4 is 17.5 Å². The number of carbonyl (C=O) groups is 1. The van der Waals surface area contributed by atoms with Crippen LogP contribution in [0.4, 0.5) is 0 Å². The van der Waals surface area contributed by atoms with Crippen LogP contribution < -0.4 is 10.6 Å². The van der Waals surface area contributed by atoms with Gasteiger partial charge in [0.05, 0.1) is 0 Å². The highest BCUT2D eigenvalue weighted by Crippen LogP contribution is 2.19. The SMILES string of the molecule is O=C(CC1CCCN1)NCCc1nc(-c2cccc(Cl)c2)no1. The van der Waals surface area contributed by atoms with Crippen LogP contribution in [0.25, 0.3) is 11.4 Å². The van der Waals surface area contributed by atoms with Gasteiger partial charge in [-0.2, -0.15) is 4.98 Å². The number of halogens is 1. The Morgan fingerprint density at radius 2 is 2.39 bits per heavy atom. The van der Waals surface area contributed by atoms with E-state index in [1.165, 1.54) is 0 Å². The molecule has 1 amide bonds. The largest absolute Gasteiger partial charge is 0.356 e. The maximum atomic E-state index is 11.8. The first-order valence-corrected chi connectivity index (χ1v) is 8.17. The number of benzene rings is 1. The van der Waals surface area contributed by atoms with E-state index in [1.54, 1.807) is 12.1 Å². The van der Waals surface area contributed by atoms with Gasteiger partial charge in [0.2, 0.25) is 17.6 Å². The van der Waals surface area contributed by atoms with Crippen molar-refractivity contribution in [3.05, 3.63) is 35.2 Å². The molecular formula is C16H19ClN4O2. The number of carbonyl (C=O) groups excluding carboxylic acids is 1. The van der Waals surface area contributed by atoms with Gasteiger partial charge in [-0.15, -0.1) is 0 Å². The number of aromatic nitrogens is 2. The molecule has 23 heavy (non-hydrogen) atoms. The molecule has 0 bridgehead atoms. The molecule has 6 nitrogen and oxygen atoms in total. The molecule has 0 saturated carbocycles. The van der Waals surface area contributed by atoms with E-state index >= 15 is 0 Å². The van der Waals surface area contributed by atoms with Gasteiger partial charge in [0, 0.05) is 36.0 Å². The molecule has 0 radical (unpaired) electrons. The first-order valence-electron chi connectivity index (χ1n) is 7.79. The van der Waals surface area contributed by atoms with Crippen LogP contribution in [0.5, 0.6) is 0 Å². The Kier molecular flexibility index (Phi) is 5.25. The monoisotopic (exact) mass is 334 g/mol. The normalized spacial score (nSPS) is 17.3. The van der Waals surface area contributed by atoms with Gasteiger partial charge in [-0.25, -0.2) is 0 Å². The Labute approximate surface area is 139 Å². The zero-order valence-electron chi connectivity index (χ0n) is 12.7. The lowest BCUT2D eigenvalue weighted by Gasteiger charge is -2.09.